The molecule has 122 valence electrons. The fourth-order valence-corrected chi connectivity index (χ4v) is 2.80. The highest BCUT2D eigenvalue weighted by Crippen LogP contribution is 2.22. The van der Waals surface area contributed by atoms with E-state index in [1.165, 1.54) is 17.2 Å². The Morgan fingerprint density at radius 1 is 1.25 bits per heavy atom. The summed E-state index contributed by atoms with van der Waals surface area (Å²) in [7, 11) is 0. The van der Waals surface area contributed by atoms with Gasteiger partial charge in [0.1, 0.15) is 5.82 Å². The summed E-state index contributed by atoms with van der Waals surface area (Å²) in [5.41, 5.74) is 4.43. The maximum Gasteiger partial charge on any atom is 0.243 e. The number of hydrogen-bond donors (Lipinski definition) is 1. The smallest absolute Gasteiger partial charge is 0.243 e. The highest BCUT2D eigenvalue weighted by Gasteiger charge is 2.17. The van der Waals surface area contributed by atoms with Crippen LogP contribution in [0.5, 0.6) is 0 Å². The summed E-state index contributed by atoms with van der Waals surface area (Å²) in [4.78, 5) is 16.4. The molecule has 0 fully saturated rings. The Kier molecular flexibility index (Phi) is 4.47. The molecule has 0 saturated carbocycles. The Morgan fingerprint density at radius 3 is 2.67 bits per heavy atom. The first-order valence-electron chi connectivity index (χ1n) is 8.02. The molecule has 1 heterocycles. The van der Waals surface area contributed by atoms with Gasteiger partial charge in [-0.05, 0) is 37.6 Å². The Labute approximate surface area is 141 Å². The van der Waals surface area contributed by atoms with Crippen LogP contribution in [0.4, 0.5) is 0 Å². The quantitative estimate of drug-likeness (QED) is 0.728. The summed E-state index contributed by atoms with van der Waals surface area (Å²) in [6, 6.07) is 16.3. The van der Waals surface area contributed by atoms with E-state index >= 15 is 0 Å². The van der Waals surface area contributed by atoms with Crippen LogP contribution in [0.3, 0.4) is 0 Å². The molecule has 4 heteroatoms. The number of fused-ring (bicyclic) bond motifs is 1. The van der Waals surface area contributed by atoms with Crippen molar-refractivity contribution in [3.05, 3.63) is 78.1 Å². The van der Waals surface area contributed by atoms with Gasteiger partial charge in [0.15, 0.2) is 0 Å². The molecule has 1 N–H and O–H groups in total. The lowest BCUT2D eigenvalue weighted by atomic mass is 10.1. The number of carbonyl (C=O) groups excluding carboxylic acids is 1. The molecular formula is C20H21N3O. The SMILES string of the molecule is C=CC(=O)NC(C)c1nc2ccccc2n1Cc1ccc(C)cc1. The molecule has 0 aliphatic rings. The molecule has 2 aromatic carbocycles. The number of nitrogens with zero attached hydrogens (tertiary/aromatic N) is 2. The molecule has 1 amide bonds. The number of rotatable bonds is 5. The van der Waals surface area contributed by atoms with Gasteiger partial charge in [-0.25, -0.2) is 4.98 Å². The van der Waals surface area contributed by atoms with Gasteiger partial charge in [-0.1, -0.05) is 48.5 Å². The van der Waals surface area contributed by atoms with Gasteiger partial charge in [0.2, 0.25) is 5.91 Å². The van der Waals surface area contributed by atoms with Crippen molar-refractivity contribution in [2.24, 2.45) is 0 Å². The number of aromatic nitrogens is 2. The second-order valence-electron chi connectivity index (χ2n) is 5.96. The van der Waals surface area contributed by atoms with Crippen molar-refractivity contribution in [1.82, 2.24) is 14.9 Å². The molecule has 24 heavy (non-hydrogen) atoms. The third kappa shape index (κ3) is 3.23. The average molecular weight is 319 g/mol. The lowest BCUT2D eigenvalue weighted by Gasteiger charge is -2.15. The molecule has 0 saturated heterocycles. The highest BCUT2D eigenvalue weighted by atomic mass is 16.1. The van der Waals surface area contributed by atoms with Crippen molar-refractivity contribution >= 4 is 16.9 Å². The lowest BCUT2D eigenvalue weighted by Crippen LogP contribution is -2.27. The Bertz CT molecular complexity index is 878. The van der Waals surface area contributed by atoms with Crippen LogP contribution in [0.25, 0.3) is 11.0 Å². The number of para-hydroxylation sites is 2. The van der Waals surface area contributed by atoms with Crippen LogP contribution in [0.15, 0.2) is 61.2 Å². The van der Waals surface area contributed by atoms with Crippen molar-refractivity contribution < 1.29 is 4.79 Å². The fourth-order valence-electron chi connectivity index (χ4n) is 2.80. The zero-order chi connectivity index (χ0) is 17.1. The van der Waals surface area contributed by atoms with Gasteiger partial charge in [0, 0.05) is 6.54 Å². The molecule has 0 aliphatic carbocycles. The lowest BCUT2D eigenvalue weighted by molar-refractivity contribution is -0.117. The van der Waals surface area contributed by atoms with E-state index in [1.54, 1.807) is 0 Å². The molecule has 0 aliphatic heterocycles. The number of carbonyl (C=O) groups is 1. The van der Waals surface area contributed by atoms with Crippen LogP contribution in [-0.4, -0.2) is 15.5 Å². The van der Waals surface area contributed by atoms with Crippen LogP contribution in [0, 0.1) is 6.92 Å². The van der Waals surface area contributed by atoms with Crippen LogP contribution in [-0.2, 0) is 11.3 Å². The number of nitrogens with one attached hydrogen (secondary N) is 1. The van der Waals surface area contributed by atoms with Gasteiger partial charge in [-0.15, -0.1) is 0 Å². The molecule has 3 aromatic rings. The average Bonchev–Trinajstić information content (AvgIpc) is 2.95. The first-order chi connectivity index (χ1) is 11.6. The third-order valence-electron chi connectivity index (χ3n) is 4.08. The normalized spacial score (nSPS) is 12.1. The van der Waals surface area contributed by atoms with E-state index in [0.29, 0.717) is 6.54 Å². The van der Waals surface area contributed by atoms with Crippen LogP contribution in [0.2, 0.25) is 0 Å². The Morgan fingerprint density at radius 2 is 1.96 bits per heavy atom. The second kappa shape index (κ2) is 6.71. The number of amides is 1. The molecule has 0 radical (unpaired) electrons. The van der Waals surface area contributed by atoms with Gasteiger partial charge in [0.25, 0.3) is 0 Å². The Hall–Kier alpha value is -2.88. The molecule has 1 atom stereocenters. The summed E-state index contributed by atoms with van der Waals surface area (Å²) < 4.78 is 2.16. The predicted molar refractivity (Wildman–Crippen MR) is 96.8 cm³/mol. The van der Waals surface area contributed by atoms with Crippen molar-refractivity contribution in [3.63, 3.8) is 0 Å². The number of aryl methyl sites for hydroxylation is 1. The van der Waals surface area contributed by atoms with Gasteiger partial charge in [0.05, 0.1) is 17.1 Å². The molecule has 3 rings (SSSR count). The summed E-state index contributed by atoms with van der Waals surface area (Å²) in [6.45, 7) is 8.24. The topological polar surface area (TPSA) is 46.9 Å². The first kappa shape index (κ1) is 16.0. The molecule has 1 aromatic heterocycles. The van der Waals surface area contributed by atoms with E-state index in [9.17, 15) is 4.79 Å². The highest BCUT2D eigenvalue weighted by molar-refractivity contribution is 5.87. The minimum absolute atomic E-state index is 0.198. The largest absolute Gasteiger partial charge is 0.343 e. The van der Waals surface area contributed by atoms with Gasteiger partial charge < -0.3 is 9.88 Å². The standard InChI is InChI=1S/C20H21N3O/c1-4-19(24)21-15(3)20-22-17-7-5-6-8-18(17)23(20)13-16-11-9-14(2)10-12-16/h4-12,15H,1,13H2,2-3H3,(H,21,24). The van der Waals surface area contributed by atoms with E-state index < -0.39 is 0 Å². The fraction of sp³-hybridized carbons (Fsp3) is 0.200. The van der Waals surface area contributed by atoms with Crippen molar-refractivity contribution in [2.75, 3.05) is 0 Å². The van der Waals surface area contributed by atoms with E-state index in [4.69, 9.17) is 4.98 Å². The zero-order valence-corrected chi connectivity index (χ0v) is 14.0. The molecule has 0 bridgehead atoms. The summed E-state index contributed by atoms with van der Waals surface area (Å²) in [5, 5.41) is 2.90. The molecular weight excluding hydrogens is 298 g/mol. The minimum Gasteiger partial charge on any atom is -0.343 e. The maximum atomic E-state index is 11.7. The first-order valence-corrected chi connectivity index (χ1v) is 8.02. The van der Waals surface area contributed by atoms with Gasteiger partial charge in [-0.2, -0.15) is 0 Å². The summed E-state index contributed by atoms with van der Waals surface area (Å²) in [6.07, 6.45) is 1.28. The number of imidazole rings is 1. The molecule has 4 nitrogen and oxygen atoms in total. The predicted octanol–water partition coefficient (Wildman–Crippen LogP) is 3.76. The second-order valence-corrected chi connectivity index (χ2v) is 5.96. The Balaban J connectivity index is 2.03. The molecule has 0 spiro atoms. The monoisotopic (exact) mass is 319 g/mol. The summed E-state index contributed by atoms with van der Waals surface area (Å²) >= 11 is 0. The maximum absolute atomic E-state index is 11.7. The number of benzene rings is 2. The van der Waals surface area contributed by atoms with Crippen molar-refractivity contribution in [2.45, 2.75) is 26.4 Å². The van der Waals surface area contributed by atoms with Gasteiger partial charge >= 0.3 is 0 Å². The van der Waals surface area contributed by atoms with E-state index in [1.807, 2.05) is 25.1 Å². The summed E-state index contributed by atoms with van der Waals surface area (Å²) in [5.74, 6) is 0.642. The minimum atomic E-state index is -0.201. The molecule has 1 unspecified atom stereocenters. The van der Waals surface area contributed by atoms with Crippen molar-refractivity contribution in [3.8, 4) is 0 Å². The zero-order valence-electron chi connectivity index (χ0n) is 14.0. The van der Waals surface area contributed by atoms with E-state index in [0.717, 1.165) is 16.9 Å². The van der Waals surface area contributed by atoms with Crippen molar-refractivity contribution in [1.29, 1.82) is 0 Å². The number of hydrogen-bond acceptors (Lipinski definition) is 2. The van der Waals surface area contributed by atoms with E-state index in [2.05, 4.69) is 53.7 Å². The van der Waals surface area contributed by atoms with Crippen LogP contribution in [0.1, 0.15) is 29.9 Å². The van der Waals surface area contributed by atoms with Gasteiger partial charge in [-0.3, -0.25) is 4.79 Å². The van der Waals surface area contributed by atoms with Crippen LogP contribution >= 0.6 is 0 Å². The van der Waals surface area contributed by atoms with E-state index in [-0.39, 0.29) is 11.9 Å². The third-order valence-corrected chi connectivity index (χ3v) is 4.08. The van der Waals surface area contributed by atoms with Crippen LogP contribution < -0.4 is 5.32 Å².